The van der Waals surface area contributed by atoms with Gasteiger partial charge in [0.2, 0.25) is 0 Å². The van der Waals surface area contributed by atoms with Gasteiger partial charge in [0.15, 0.2) is 6.10 Å². The highest BCUT2D eigenvalue weighted by atomic mass is 16.5. The Labute approximate surface area is 174 Å². The Morgan fingerprint density at radius 1 is 0.966 bits per heavy atom. The van der Waals surface area contributed by atoms with Gasteiger partial charge >= 0.3 is 0 Å². The Balaban J connectivity index is 1.75. The molecule has 0 spiro atoms. The van der Waals surface area contributed by atoms with Crippen LogP contribution in [0.15, 0.2) is 54.6 Å². The molecular weight excluding hydrogens is 362 g/mol. The predicted molar refractivity (Wildman–Crippen MR) is 116 cm³/mol. The number of benzene rings is 2. The minimum Gasteiger partial charge on any atom is -0.497 e. The highest BCUT2D eigenvalue weighted by Crippen LogP contribution is 2.43. The van der Waals surface area contributed by atoms with Crippen LogP contribution < -0.4 is 4.74 Å². The highest BCUT2D eigenvalue weighted by Gasteiger charge is 2.59. The minimum absolute atomic E-state index is 0.107. The molecule has 2 atom stereocenters. The summed E-state index contributed by atoms with van der Waals surface area (Å²) in [6, 6.07) is 18.1. The molecule has 1 heterocycles. The molecule has 2 aromatic rings. The summed E-state index contributed by atoms with van der Waals surface area (Å²) < 4.78 is 11.5. The molecule has 1 fully saturated rings. The van der Waals surface area contributed by atoms with Gasteiger partial charge in [0.25, 0.3) is 5.91 Å². The topological polar surface area (TPSA) is 38.8 Å². The number of ether oxygens (including phenoxy) is 2. The van der Waals surface area contributed by atoms with Crippen molar-refractivity contribution in [1.82, 2.24) is 4.90 Å². The van der Waals surface area contributed by atoms with Gasteiger partial charge in [-0.15, -0.1) is 0 Å². The molecule has 2 aromatic carbocycles. The predicted octanol–water partition coefficient (Wildman–Crippen LogP) is 5.35. The summed E-state index contributed by atoms with van der Waals surface area (Å²) in [5.41, 5.74) is 2.00. The lowest BCUT2D eigenvalue weighted by Crippen LogP contribution is -2.74. The molecule has 4 heteroatoms. The molecule has 0 saturated carbocycles. The quantitative estimate of drug-likeness (QED) is 0.380. The second-order valence-electron chi connectivity index (χ2n) is 7.86. The van der Waals surface area contributed by atoms with E-state index in [1.165, 1.54) is 12.8 Å². The molecule has 29 heavy (non-hydrogen) atoms. The summed E-state index contributed by atoms with van der Waals surface area (Å²) in [4.78, 5) is 15.1. The van der Waals surface area contributed by atoms with Gasteiger partial charge in [-0.1, -0.05) is 75.6 Å². The first-order chi connectivity index (χ1) is 14.1. The van der Waals surface area contributed by atoms with Gasteiger partial charge in [-0.2, -0.15) is 0 Å². The minimum atomic E-state index is -0.359. The average Bonchev–Trinajstić information content (AvgIpc) is 2.77. The largest absolute Gasteiger partial charge is 0.497 e. The van der Waals surface area contributed by atoms with Gasteiger partial charge in [-0.3, -0.25) is 4.79 Å². The molecule has 1 aliphatic heterocycles. The maximum absolute atomic E-state index is 13.1. The highest BCUT2D eigenvalue weighted by molar-refractivity contribution is 5.90. The molecule has 3 rings (SSSR count). The Morgan fingerprint density at radius 2 is 1.69 bits per heavy atom. The molecule has 0 aromatic heterocycles. The van der Waals surface area contributed by atoms with Crippen LogP contribution in [0.1, 0.15) is 57.1 Å². The summed E-state index contributed by atoms with van der Waals surface area (Å²) in [5.74, 6) is 0.938. The van der Waals surface area contributed by atoms with Gasteiger partial charge in [0.05, 0.1) is 19.3 Å². The monoisotopic (exact) mass is 395 g/mol. The Morgan fingerprint density at radius 3 is 2.31 bits per heavy atom. The summed E-state index contributed by atoms with van der Waals surface area (Å²) in [6.07, 6.45) is 4.99. The van der Waals surface area contributed by atoms with Crippen LogP contribution in [-0.4, -0.2) is 29.6 Å². The summed E-state index contributed by atoms with van der Waals surface area (Å²) in [6.45, 7) is 5.48. The fourth-order valence-electron chi connectivity index (χ4n) is 4.30. The van der Waals surface area contributed by atoms with Crippen molar-refractivity contribution in [2.45, 2.75) is 70.7 Å². The van der Waals surface area contributed by atoms with Crippen molar-refractivity contribution in [2.24, 2.45) is 0 Å². The van der Waals surface area contributed by atoms with Gasteiger partial charge < -0.3 is 14.4 Å². The zero-order chi connectivity index (χ0) is 20.7. The molecular formula is C25H33NO3. The normalized spacial score (nSPS) is 21.1. The fraction of sp³-hybridized carbons (Fsp3) is 0.480. The van der Waals surface area contributed by atoms with Crippen molar-refractivity contribution >= 4 is 5.91 Å². The number of likely N-dealkylation sites (tertiary alicyclic amines) is 1. The number of carbonyl (C=O) groups excluding carboxylic acids is 1. The number of unbranched alkanes of at least 4 members (excludes halogenated alkanes) is 2. The number of amides is 1. The first kappa shape index (κ1) is 21.4. The molecule has 0 unspecified atom stereocenters. The number of methoxy groups -OCH3 is 1. The third-order valence-electron chi connectivity index (χ3n) is 6.10. The van der Waals surface area contributed by atoms with E-state index in [-0.39, 0.29) is 17.6 Å². The molecule has 0 radical (unpaired) electrons. The van der Waals surface area contributed by atoms with E-state index in [9.17, 15) is 4.79 Å². The third-order valence-corrected chi connectivity index (χ3v) is 6.10. The van der Waals surface area contributed by atoms with E-state index in [4.69, 9.17) is 9.47 Å². The van der Waals surface area contributed by atoms with Crippen LogP contribution in [0.5, 0.6) is 5.75 Å². The van der Waals surface area contributed by atoms with E-state index in [0.717, 1.165) is 36.1 Å². The number of β-lactam (4-membered cyclic amide) rings is 1. The van der Waals surface area contributed by atoms with E-state index in [0.29, 0.717) is 13.2 Å². The fourth-order valence-corrected chi connectivity index (χ4v) is 4.30. The van der Waals surface area contributed by atoms with Crippen molar-refractivity contribution in [1.29, 1.82) is 0 Å². The maximum Gasteiger partial charge on any atom is 0.255 e. The molecule has 156 valence electrons. The standard InChI is InChI=1S/C25H33NO3/c1-4-6-10-17-25(5-2)23(29-19-21-11-8-7-9-12-21)24(27)26(25)18-20-13-15-22(28-3)16-14-20/h7-9,11-16,23H,4-6,10,17-19H2,1-3H3/t23-,25-/m0/s1. The van der Waals surface area contributed by atoms with Crippen LogP contribution in [0, 0.1) is 0 Å². The maximum atomic E-state index is 13.1. The first-order valence-electron chi connectivity index (χ1n) is 10.7. The summed E-state index contributed by atoms with van der Waals surface area (Å²) in [7, 11) is 1.67. The van der Waals surface area contributed by atoms with E-state index in [1.54, 1.807) is 7.11 Å². The van der Waals surface area contributed by atoms with Crippen LogP contribution in [0.4, 0.5) is 0 Å². The van der Waals surface area contributed by atoms with Crippen molar-refractivity contribution < 1.29 is 14.3 Å². The van der Waals surface area contributed by atoms with E-state index < -0.39 is 0 Å². The third kappa shape index (κ3) is 4.64. The van der Waals surface area contributed by atoms with Crippen LogP contribution in [0.25, 0.3) is 0 Å². The molecule has 1 amide bonds. The Kier molecular flexibility index (Phi) is 7.32. The number of hydrogen-bond donors (Lipinski definition) is 0. The summed E-state index contributed by atoms with van der Waals surface area (Å²) in [5, 5.41) is 0. The van der Waals surface area contributed by atoms with Gasteiger partial charge in [-0.05, 0) is 36.1 Å². The lowest BCUT2D eigenvalue weighted by molar-refractivity contribution is -0.202. The van der Waals surface area contributed by atoms with Gasteiger partial charge in [-0.25, -0.2) is 0 Å². The second kappa shape index (κ2) is 9.93. The van der Waals surface area contributed by atoms with Gasteiger partial charge in [0.1, 0.15) is 5.75 Å². The molecule has 0 aliphatic carbocycles. The first-order valence-corrected chi connectivity index (χ1v) is 10.7. The Hall–Kier alpha value is -2.33. The van der Waals surface area contributed by atoms with Crippen molar-refractivity contribution in [2.75, 3.05) is 7.11 Å². The molecule has 1 aliphatic rings. The van der Waals surface area contributed by atoms with E-state index in [2.05, 4.69) is 13.8 Å². The number of nitrogens with zero attached hydrogens (tertiary/aromatic N) is 1. The van der Waals surface area contributed by atoms with Crippen molar-refractivity contribution in [3.63, 3.8) is 0 Å². The SMILES string of the molecule is CCCCC[C@@]1(CC)[C@@H](OCc2ccccc2)C(=O)N1Cc1ccc(OC)cc1. The van der Waals surface area contributed by atoms with Gasteiger partial charge in [0, 0.05) is 6.54 Å². The molecule has 0 N–H and O–H groups in total. The number of rotatable bonds is 11. The number of carbonyl (C=O) groups is 1. The number of hydrogen-bond acceptors (Lipinski definition) is 3. The zero-order valence-electron chi connectivity index (χ0n) is 17.9. The summed E-state index contributed by atoms with van der Waals surface area (Å²) >= 11 is 0. The molecule has 0 bridgehead atoms. The van der Waals surface area contributed by atoms with Crippen LogP contribution in [-0.2, 0) is 22.7 Å². The van der Waals surface area contributed by atoms with E-state index >= 15 is 0 Å². The lowest BCUT2D eigenvalue weighted by Gasteiger charge is -2.57. The average molecular weight is 396 g/mol. The van der Waals surface area contributed by atoms with Crippen LogP contribution in [0.3, 0.4) is 0 Å². The zero-order valence-corrected chi connectivity index (χ0v) is 17.9. The van der Waals surface area contributed by atoms with Crippen molar-refractivity contribution in [3.8, 4) is 5.75 Å². The van der Waals surface area contributed by atoms with E-state index in [1.807, 2.05) is 59.5 Å². The lowest BCUT2D eigenvalue weighted by atomic mass is 9.74. The van der Waals surface area contributed by atoms with Crippen LogP contribution >= 0.6 is 0 Å². The van der Waals surface area contributed by atoms with Crippen LogP contribution in [0.2, 0.25) is 0 Å². The second-order valence-corrected chi connectivity index (χ2v) is 7.86. The molecule has 1 saturated heterocycles. The Bertz CT molecular complexity index is 774. The van der Waals surface area contributed by atoms with Crippen molar-refractivity contribution in [3.05, 3.63) is 65.7 Å². The molecule has 4 nitrogen and oxygen atoms in total. The smallest absolute Gasteiger partial charge is 0.255 e.